The van der Waals surface area contributed by atoms with Gasteiger partial charge in [-0.15, -0.1) is 0 Å². The highest BCUT2D eigenvalue weighted by Crippen LogP contribution is 2.34. The van der Waals surface area contributed by atoms with E-state index in [-0.39, 0.29) is 30.7 Å². The van der Waals surface area contributed by atoms with Crippen LogP contribution >= 0.6 is 0 Å². The minimum atomic E-state index is -0.826. The van der Waals surface area contributed by atoms with Crippen LogP contribution in [0.4, 0.5) is 5.69 Å². The van der Waals surface area contributed by atoms with Crippen LogP contribution in [0.5, 0.6) is 5.75 Å². The Morgan fingerprint density at radius 1 is 1.30 bits per heavy atom. The van der Waals surface area contributed by atoms with Crippen molar-refractivity contribution in [2.75, 3.05) is 39.2 Å². The Labute approximate surface area is 159 Å². The molecule has 0 saturated carbocycles. The molecule has 0 bridgehead atoms. The highest BCUT2D eigenvalue weighted by atomic mass is 16.5. The topological polar surface area (TPSA) is 99.2 Å². The summed E-state index contributed by atoms with van der Waals surface area (Å²) in [5, 5.41) is 11.4. The van der Waals surface area contributed by atoms with Crippen molar-refractivity contribution in [2.24, 2.45) is 0 Å². The van der Waals surface area contributed by atoms with E-state index in [1.807, 2.05) is 11.9 Å². The molecule has 27 heavy (non-hydrogen) atoms. The van der Waals surface area contributed by atoms with Crippen molar-refractivity contribution in [2.45, 2.75) is 31.7 Å². The number of aliphatic carboxylic acids is 1. The van der Waals surface area contributed by atoms with Crippen LogP contribution in [0.3, 0.4) is 0 Å². The third-order valence-electron chi connectivity index (χ3n) is 4.53. The van der Waals surface area contributed by atoms with E-state index in [0.29, 0.717) is 37.3 Å². The van der Waals surface area contributed by atoms with Crippen molar-refractivity contribution in [1.29, 1.82) is 0 Å². The lowest BCUT2D eigenvalue weighted by Crippen LogP contribution is -2.44. The molecular formula is C19H27N3O5. The van der Waals surface area contributed by atoms with Gasteiger partial charge in [-0.2, -0.15) is 0 Å². The van der Waals surface area contributed by atoms with E-state index >= 15 is 0 Å². The largest absolute Gasteiger partial charge is 0.489 e. The van der Waals surface area contributed by atoms with Gasteiger partial charge in [0.25, 0.3) is 5.91 Å². The Balaban J connectivity index is 1.92. The summed E-state index contributed by atoms with van der Waals surface area (Å²) in [4.78, 5) is 38.3. The SMILES string of the molecule is CN(C)C(=O)c1ccc2c(c1)N(C)C(CC(=O)NCCCCC(=O)O)CO2. The molecule has 2 N–H and O–H groups in total. The molecule has 1 aromatic rings. The molecule has 1 aromatic carbocycles. The molecule has 2 rings (SSSR count). The first-order valence-corrected chi connectivity index (χ1v) is 8.99. The van der Waals surface area contributed by atoms with Gasteiger partial charge >= 0.3 is 5.97 Å². The van der Waals surface area contributed by atoms with E-state index < -0.39 is 5.97 Å². The molecule has 0 fully saturated rings. The van der Waals surface area contributed by atoms with Crippen molar-refractivity contribution in [3.63, 3.8) is 0 Å². The minimum Gasteiger partial charge on any atom is -0.489 e. The number of hydrogen-bond acceptors (Lipinski definition) is 5. The van der Waals surface area contributed by atoms with E-state index in [9.17, 15) is 14.4 Å². The van der Waals surface area contributed by atoms with E-state index in [1.54, 1.807) is 32.3 Å². The van der Waals surface area contributed by atoms with E-state index in [4.69, 9.17) is 9.84 Å². The summed E-state index contributed by atoms with van der Waals surface area (Å²) in [6.45, 7) is 0.846. The van der Waals surface area contributed by atoms with Crippen LogP contribution in [-0.2, 0) is 9.59 Å². The maximum absolute atomic E-state index is 12.2. The Morgan fingerprint density at radius 3 is 2.70 bits per heavy atom. The van der Waals surface area contributed by atoms with Gasteiger partial charge in [-0.3, -0.25) is 14.4 Å². The lowest BCUT2D eigenvalue weighted by molar-refractivity contribution is -0.137. The number of amides is 2. The minimum absolute atomic E-state index is 0.0903. The summed E-state index contributed by atoms with van der Waals surface area (Å²) in [5.74, 6) is -0.326. The predicted octanol–water partition coefficient (Wildman–Crippen LogP) is 1.35. The van der Waals surface area contributed by atoms with Crippen LogP contribution < -0.4 is 15.0 Å². The van der Waals surface area contributed by atoms with Crippen LogP contribution in [-0.4, -0.2) is 68.1 Å². The number of unbranched alkanes of at least 4 members (excludes halogenated alkanes) is 1. The third kappa shape index (κ3) is 5.60. The van der Waals surface area contributed by atoms with Gasteiger partial charge < -0.3 is 25.0 Å². The molecule has 0 saturated heterocycles. The maximum Gasteiger partial charge on any atom is 0.303 e. The zero-order valence-corrected chi connectivity index (χ0v) is 16.0. The average molecular weight is 377 g/mol. The number of carbonyl (C=O) groups is 3. The number of hydrogen-bond donors (Lipinski definition) is 2. The Kier molecular flexibility index (Phi) is 7.04. The van der Waals surface area contributed by atoms with Gasteiger partial charge in [0.2, 0.25) is 5.91 Å². The van der Waals surface area contributed by atoms with Crippen LogP contribution in [0.25, 0.3) is 0 Å². The molecule has 1 atom stereocenters. The third-order valence-corrected chi connectivity index (χ3v) is 4.53. The first kappa shape index (κ1) is 20.5. The second kappa shape index (κ2) is 9.25. The molecule has 8 nitrogen and oxygen atoms in total. The number of ether oxygens (including phenoxy) is 1. The highest BCUT2D eigenvalue weighted by Gasteiger charge is 2.27. The number of benzene rings is 1. The lowest BCUT2D eigenvalue weighted by Gasteiger charge is -2.35. The quantitative estimate of drug-likeness (QED) is 0.664. The number of rotatable bonds is 8. The van der Waals surface area contributed by atoms with Gasteiger partial charge in [0.15, 0.2) is 0 Å². The molecular weight excluding hydrogens is 350 g/mol. The van der Waals surface area contributed by atoms with Gasteiger partial charge in [-0.1, -0.05) is 0 Å². The summed E-state index contributed by atoms with van der Waals surface area (Å²) in [5.41, 5.74) is 1.35. The van der Waals surface area contributed by atoms with Gasteiger partial charge in [0, 0.05) is 39.7 Å². The summed E-state index contributed by atoms with van der Waals surface area (Å²) >= 11 is 0. The summed E-state index contributed by atoms with van der Waals surface area (Å²) in [7, 11) is 5.28. The second-order valence-electron chi connectivity index (χ2n) is 6.86. The predicted molar refractivity (Wildman–Crippen MR) is 101 cm³/mol. The molecule has 148 valence electrons. The molecule has 0 aromatic heterocycles. The van der Waals surface area contributed by atoms with Crippen LogP contribution in [0.15, 0.2) is 18.2 Å². The summed E-state index contributed by atoms with van der Waals surface area (Å²) < 4.78 is 5.76. The van der Waals surface area contributed by atoms with Gasteiger partial charge in [-0.05, 0) is 31.0 Å². The Bertz CT molecular complexity index is 705. The van der Waals surface area contributed by atoms with E-state index in [0.717, 1.165) is 5.69 Å². The number of carboxylic acids is 1. The monoisotopic (exact) mass is 377 g/mol. The van der Waals surface area contributed by atoms with Crippen molar-refractivity contribution in [3.05, 3.63) is 23.8 Å². The van der Waals surface area contributed by atoms with Crippen LogP contribution in [0.1, 0.15) is 36.0 Å². The van der Waals surface area contributed by atoms with Crippen LogP contribution in [0, 0.1) is 0 Å². The van der Waals surface area contributed by atoms with E-state index in [2.05, 4.69) is 5.32 Å². The van der Waals surface area contributed by atoms with Crippen molar-refractivity contribution < 1.29 is 24.2 Å². The number of anilines is 1. The molecule has 1 unspecified atom stereocenters. The smallest absolute Gasteiger partial charge is 0.303 e. The fraction of sp³-hybridized carbons (Fsp3) is 0.526. The van der Waals surface area contributed by atoms with Crippen molar-refractivity contribution in [3.8, 4) is 5.75 Å². The van der Waals surface area contributed by atoms with Crippen molar-refractivity contribution >= 4 is 23.5 Å². The highest BCUT2D eigenvalue weighted by molar-refractivity contribution is 5.95. The summed E-state index contributed by atoms with van der Waals surface area (Å²) in [6.07, 6.45) is 1.55. The van der Waals surface area contributed by atoms with Gasteiger partial charge in [0.1, 0.15) is 12.4 Å². The Morgan fingerprint density at radius 2 is 2.04 bits per heavy atom. The number of carboxylic acid groups (broad SMARTS) is 1. The second-order valence-corrected chi connectivity index (χ2v) is 6.86. The maximum atomic E-state index is 12.2. The number of carbonyl (C=O) groups excluding carboxylic acids is 2. The van der Waals surface area contributed by atoms with Crippen LogP contribution in [0.2, 0.25) is 0 Å². The zero-order valence-electron chi connectivity index (χ0n) is 16.0. The molecule has 8 heteroatoms. The molecule has 0 spiro atoms. The first-order chi connectivity index (χ1) is 12.8. The van der Waals surface area contributed by atoms with E-state index in [1.165, 1.54) is 4.90 Å². The number of nitrogens with one attached hydrogen (secondary N) is 1. The Hall–Kier alpha value is -2.77. The van der Waals surface area contributed by atoms with Gasteiger partial charge in [0.05, 0.1) is 18.2 Å². The summed E-state index contributed by atoms with van der Waals surface area (Å²) in [6, 6.07) is 5.16. The number of nitrogens with zero attached hydrogens (tertiary/aromatic N) is 2. The normalized spacial score (nSPS) is 15.5. The molecule has 0 aliphatic carbocycles. The number of fused-ring (bicyclic) bond motifs is 1. The molecule has 0 radical (unpaired) electrons. The molecule has 1 aliphatic rings. The molecule has 2 amide bonds. The first-order valence-electron chi connectivity index (χ1n) is 8.99. The standard InChI is InChI=1S/C19H27N3O5/c1-21(2)19(26)13-7-8-16-15(10-13)22(3)14(12-27-16)11-17(23)20-9-5-4-6-18(24)25/h7-8,10,14H,4-6,9,11-12H2,1-3H3,(H,20,23)(H,24,25). The molecule has 1 heterocycles. The lowest BCUT2D eigenvalue weighted by atomic mass is 10.1. The van der Waals surface area contributed by atoms with Crippen molar-refractivity contribution in [1.82, 2.24) is 10.2 Å². The molecule has 1 aliphatic heterocycles. The fourth-order valence-electron chi connectivity index (χ4n) is 2.91. The average Bonchev–Trinajstić information content (AvgIpc) is 2.62. The number of likely N-dealkylation sites (N-methyl/N-ethyl adjacent to an activating group) is 1. The van der Waals surface area contributed by atoms with Gasteiger partial charge in [-0.25, -0.2) is 0 Å². The zero-order chi connectivity index (χ0) is 20.0. The fourth-order valence-corrected chi connectivity index (χ4v) is 2.91.